The Morgan fingerprint density at radius 1 is 1.47 bits per heavy atom. The molecule has 2 aromatic heterocycles. The molecule has 0 bridgehead atoms. The van der Waals surface area contributed by atoms with E-state index in [0.717, 1.165) is 16.9 Å². The maximum atomic E-state index is 9.13. The monoisotopic (exact) mass is 199 g/mol. The Kier molecular flexibility index (Phi) is 2.20. The first-order valence-corrected chi connectivity index (χ1v) is 5.02. The van der Waals surface area contributed by atoms with E-state index >= 15 is 0 Å². The molecule has 3 nitrogen and oxygen atoms in total. The fourth-order valence-corrected chi connectivity index (χ4v) is 1.74. The molecule has 0 spiro atoms. The maximum Gasteiger partial charge on any atom is 0.148 e. The summed E-state index contributed by atoms with van der Waals surface area (Å²) >= 11 is 0. The minimum absolute atomic E-state index is 0.277. The molecule has 0 aliphatic heterocycles. The van der Waals surface area contributed by atoms with Crippen LogP contribution in [0.25, 0.3) is 5.65 Å². The summed E-state index contributed by atoms with van der Waals surface area (Å²) in [6, 6.07) is 6.17. The smallest absolute Gasteiger partial charge is 0.148 e. The lowest BCUT2D eigenvalue weighted by Crippen LogP contribution is -1.93. The van der Waals surface area contributed by atoms with Gasteiger partial charge in [-0.2, -0.15) is 5.26 Å². The molecule has 0 saturated carbocycles. The van der Waals surface area contributed by atoms with E-state index in [1.165, 1.54) is 0 Å². The van der Waals surface area contributed by atoms with Gasteiger partial charge in [-0.15, -0.1) is 0 Å². The van der Waals surface area contributed by atoms with Crippen LogP contribution in [-0.4, -0.2) is 9.38 Å². The minimum atomic E-state index is 0.277. The number of aryl methyl sites for hydroxylation is 1. The third-order valence-electron chi connectivity index (χ3n) is 2.52. The lowest BCUT2D eigenvalue weighted by Gasteiger charge is -1.98. The van der Waals surface area contributed by atoms with Crippen molar-refractivity contribution >= 4 is 5.65 Å². The molecule has 76 valence electrons. The number of hydrogen-bond acceptors (Lipinski definition) is 2. The zero-order valence-corrected chi connectivity index (χ0v) is 9.15. The van der Waals surface area contributed by atoms with Crippen LogP contribution in [0, 0.1) is 18.3 Å². The van der Waals surface area contributed by atoms with Gasteiger partial charge in [-0.05, 0) is 24.5 Å². The maximum absolute atomic E-state index is 9.13. The number of rotatable bonds is 1. The zero-order chi connectivity index (χ0) is 11.0. The van der Waals surface area contributed by atoms with Crippen molar-refractivity contribution in [2.24, 2.45) is 0 Å². The Balaban J connectivity index is 2.86. The number of imidazole rings is 1. The highest BCUT2D eigenvalue weighted by Crippen LogP contribution is 2.21. The van der Waals surface area contributed by atoms with Gasteiger partial charge in [0.2, 0.25) is 0 Å². The number of fused-ring (bicyclic) bond motifs is 1. The van der Waals surface area contributed by atoms with Gasteiger partial charge in [0, 0.05) is 6.20 Å². The molecule has 0 aliphatic carbocycles. The Bertz CT molecular complexity index is 544. The first-order valence-electron chi connectivity index (χ1n) is 5.02. The van der Waals surface area contributed by atoms with E-state index in [-0.39, 0.29) is 5.92 Å². The van der Waals surface area contributed by atoms with Crippen molar-refractivity contribution in [2.45, 2.75) is 26.7 Å². The largest absolute Gasteiger partial charge is 0.291 e. The molecular weight excluding hydrogens is 186 g/mol. The van der Waals surface area contributed by atoms with Crippen LogP contribution in [0.1, 0.15) is 36.7 Å². The summed E-state index contributed by atoms with van der Waals surface area (Å²) < 4.78 is 1.87. The van der Waals surface area contributed by atoms with Gasteiger partial charge in [0.1, 0.15) is 17.4 Å². The first kappa shape index (κ1) is 9.72. The molecule has 15 heavy (non-hydrogen) atoms. The van der Waals surface area contributed by atoms with Crippen LogP contribution in [0.3, 0.4) is 0 Å². The highest BCUT2D eigenvalue weighted by atomic mass is 15.0. The predicted octanol–water partition coefficient (Wildman–Crippen LogP) is 2.64. The second-order valence-electron chi connectivity index (χ2n) is 4.00. The van der Waals surface area contributed by atoms with Crippen molar-refractivity contribution < 1.29 is 0 Å². The number of nitriles is 1. The van der Waals surface area contributed by atoms with Crippen molar-refractivity contribution in [1.29, 1.82) is 5.26 Å². The van der Waals surface area contributed by atoms with E-state index in [2.05, 4.69) is 24.9 Å². The van der Waals surface area contributed by atoms with Crippen molar-refractivity contribution in [3.8, 4) is 6.07 Å². The van der Waals surface area contributed by atoms with Gasteiger partial charge in [-0.3, -0.25) is 4.40 Å². The summed E-state index contributed by atoms with van der Waals surface area (Å²) in [5.41, 5.74) is 3.52. The van der Waals surface area contributed by atoms with Crippen molar-refractivity contribution in [3.63, 3.8) is 0 Å². The van der Waals surface area contributed by atoms with Crippen molar-refractivity contribution in [1.82, 2.24) is 9.38 Å². The molecule has 0 aliphatic rings. The molecule has 0 saturated heterocycles. The fraction of sp³-hybridized carbons (Fsp3) is 0.333. The summed E-state index contributed by atoms with van der Waals surface area (Å²) in [6.45, 7) is 6.11. The van der Waals surface area contributed by atoms with E-state index in [9.17, 15) is 0 Å². The Morgan fingerprint density at radius 2 is 2.20 bits per heavy atom. The van der Waals surface area contributed by atoms with E-state index in [1.54, 1.807) is 0 Å². The average molecular weight is 199 g/mol. The molecule has 0 unspecified atom stereocenters. The highest BCUT2D eigenvalue weighted by Gasteiger charge is 2.15. The molecule has 0 aromatic carbocycles. The minimum Gasteiger partial charge on any atom is -0.291 e. The molecule has 0 atom stereocenters. The third-order valence-corrected chi connectivity index (χ3v) is 2.52. The first-order chi connectivity index (χ1) is 7.15. The van der Waals surface area contributed by atoms with E-state index < -0.39 is 0 Å². The van der Waals surface area contributed by atoms with Crippen LogP contribution in [0.15, 0.2) is 18.3 Å². The Hall–Kier alpha value is -1.82. The van der Waals surface area contributed by atoms with Crippen LogP contribution >= 0.6 is 0 Å². The number of pyridine rings is 1. The number of aromatic nitrogens is 2. The molecule has 2 heterocycles. The summed E-state index contributed by atoms with van der Waals surface area (Å²) in [6.07, 6.45) is 1.89. The van der Waals surface area contributed by atoms with E-state index in [1.807, 2.05) is 29.7 Å². The SMILES string of the molecule is Cc1cccn2c(C#N)c(C(C)C)nc12. The normalized spacial score (nSPS) is 10.9. The van der Waals surface area contributed by atoms with Gasteiger partial charge in [0.15, 0.2) is 0 Å². The Morgan fingerprint density at radius 3 is 2.80 bits per heavy atom. The van der Waals surface area contributed by atoms with Crippen molar-refractivity contribution in [3.05, 3.63) is 35.3 Å². The van der Waals surface area contributed by atoms with Gasteiger partial charge >= 0.3 is 0 Å². The summed E-state index contributed by atoms with van der Waals surface area (Å²) in [7, 11) is 0. The van der Waals surface area contributed by atoms with Crippen LogP contribution in [0.4, 0.5) is 0 Å². The van der Waals surface area contributed by atoms with Gasteiger partial charge in [-0.1, -0.05) is 19.9 Å². The second-order valence-corrected chi connectivity index (χ2v) is 4.00. The topological polar surface area (TPSA) is 41.1 Å². The molecular formula is C12H13N3. The molecule has 0 amide bonds. The lowest BCUT2D eigenvalue weighted by molar-refractivity contribution is 0.829. The van der Waals surface area contributed by atoms with E-state index in [0.29, 0.717) is 5.69 Å². The number of nitrogens with zero attached hydrogens (tertiary/aromatic N) is 3. The highest BCUT2D eigenvalue weighted by molar-refractivity contribution is 5.53. The van der Waals surface area contributed by atoms with E-state index in [4.69, 9.17) is 5.26 Å². The molecule has 2 rings (SSSR count). The van der Waals surface area contributed by atoms with Crippen LogP contribution in [0.2, 0.25) is 0 Å². The van der Waals surface area contributed by atoms with Crippen molar-refractivity contribution in [2.75, 3.05) is 0 Å². The quantitative estimate of drug-likeness (QED) is 0.708. The molecule has 0 N–H and O–H groups in total. The summed E-state index contributed by atoms with van der Waals surface area (Å²) in [4.78, 5) is 4.52. The van der Waals surface area contributed by atoms with Gasteiger partial charge in [-0.25, -0.2) is 4.98 Å². The molecule has 0 fully saturated rings. The Labute approximate surface area is 89.0 Å². The summed E-state index contributed by atoms with van der Waals surface area (Å²) in [5.74, 6) is 0.277. The fourth-order valence-electron chi connectivity index (χ4n) is 1.74. The van der Waals surface area contributed by atoms with Gasteiger partial charge in [0.05, 0.1) is 5.69 Å². The molecule has 3 heteroatoms. The summed E-state index contributed by atoms with van der Waals surface area (Å²) in [5, 5.41) is 9.13. The molecule has 0 radical (unpaired) electrons. The lowest BCUT2D eigenvalue weighted by atomic mass is 10.1. The standard InChI is InChI=1S/C12H13N3/c1-8(2)11-10(7-13)15-6-4-5-9(3)12(15)14-11/h4-6,8H,1-3H3. The van der Waals surface area contributed by atoms with Crippen LogP contribution < -0.4 is 0 Å². The predicted molar refractivity (Wildman–Crippen MR) is 58.7 cm³/mol. The van der Waals surface area contributed by atoms with Crippen LogP contribution in [-0.2, 0) is 0 Å². The van der Waals surface area contributed by atoms with Gasteiger partial charge < -0.3 is 0 Å². The van der Waals surface area contributed by atoms with Gasteiger partial charge in [0.25, 0.3) is 0 Å². The zero-order valence-electron chi connectivity index (χ0n) is 9.15. The molecule has 2 aromatic rings. The third kappa shape index (κ3) is 1.39. The number of hydrogen-bond donors (Lipinski definition) is 0. The van der Waals surface area contributed by atoms with Crippen LogP contribution in [0.5, 0.6) is 0 Å². The average Bonchev–Trinajstić information content (AvgIpc) is 2.57. The second kappa shape index (κ2) is 3.39.